The standard InChI is InChI=1S/C10H9N3O2S2/c1-5(14)7-3-12-10(17-7)13-9(15)8-4-11-6(2)16-8/h3-4H,1-2H3,(H,12,13,15). The molecule has 0 bridgehead atoms. The van der Waals surface area contributed by atoms with Crippen molar-refractivity contribution in [3.05, 3.63) is 27.2 Å². The molecular formula is C10H9N3O2S2. The first-order chi connectivity index (χ1) is 8.06. The molecule has 88 valence electrons. The number of carbonyl (C=O) groups is 2. The van der Waals surface area contributed by atoms with Crippen LogP contribution in [-0.2, 0) is 0 Å². The minimum atomic E-state index is -0.250. The first-order valence-electron chi connectivity index (χ1n) is 4.77. The second-order valence-corrected chi connectivity index (χ2v) is 5.55. The Morgan fingerprint density at radius 2 is 1.88 bits per heavy atom. The predicted molar refractivity (Wildman–Crippen MR) is 66.9 cm³/mol. The van der Waals surface area contributed by atoms with Crippen LogP contribution in [0.2, 0.25) is 0 Å². The Balaban J connectivity index is 2.10. The predicted octanol–water partition coefficient (Wildman–Crippen LogP) is 2.36. The zero-order valence-corrected chi connectivity index (χ0v) is 10.8. The van der Waals surface area contributed by atoms with Crippen molar-refractivity contribution in [2.24, 2.45) is 0 Å². The van der Waals surface area contributed by atoms with E-state index < -0.39 is 0 Å². The van der Waals surface area contributed by atoms with Crippen molar-refractivity contribution in [1.82, 2.24) is 9.97 Å². The van der Waals surface area contributed by atoms with Crippen LogP contribution in [-0.4, -0.2) is 21.7 Å². The van der Waals surface area contributed by atoms with Crippen LogP contribution in [0.5, 0.6) is 0 Å². The van der Waals surface area contributed by atoms with E-state index in [0.717, 1.165) is 16.3 Å². The summed E-state index contributed by atoms with van der Waals surface area (Å²) in [5, 5.41) is 3.89. The molecule has 7 heteroatoms. The fourth-order valence-corrected chi connectivity index (χ4v) is 2.50. The van der Waals surface area contributed by atoms with Gasteiger partial charge in [-0.25, -0.2) is 9.97 Å². The van der Waals surface area contributed by atoms with Gasteiger partial charge in [0.15, 0.2) is 10.9 Å². The summed E-state index contributed by atoms with van der Waals surface area (Å²) in [4.78, 5) is 31.8. The Bertz CT molecular complexity index is 574. The summed E-state index contributed by atoms with van der Waals surface area (Å²) in [6, 6.07) is 0. The number of nitrogens with one attached hydrogen (secondary N) is 1. The van der Waals surface area contributed by atoms with E-state index >= 15 is 0 Å². The zero-order valence-electron chi connectivity index (χ0n) is 9.18. The van der Waals surface area contributed by atoms with Crippen molar-refractivity contribution in [2.75, 3.05) is 5.32 Å². The molecule has 0 unspecified atom stereocenters. The molecule has 1 N–H and O–H groups in total. The minimum absolute atomic E-state index is 0.0587. The smallest absolute Gasteiger partial charge is 0.269 e. The minimum Gasteiger partial charge on any atom is -0.297 e. The van der Waals surface area contributed by atoms with E-state index in [2.05, 4.69) is 15.3 Å². The number of carbonyl (C=O) groups excluding carboxylic acids is 2. The third-order valence-corrected chi connectivity index (χ3v) is 3.84. The van der Waals surface area contributed by atoms with Gasteiger partial charge in [0.1, 0.15) is 4.88 Å². The molecule has 0 aliphatic rings. The average molecular weight is 267 g/mol. The normalized spacial score (nSPS) is 10.2. The van der Waals surface area contributed by atoms with Gasteiger partial charge in [-0.3, -0.25) is 14.9 Å². The molecule has 0 aliphatic heterocycles. The number of aryl methyl sites for hydroxylation is 1. The molecule has 2 rings (SSSR count). The lowest BCUT2D eigenvalue weighted by Gasteiger charge is -1.96. The summed E-state index contributed by atoms with van der Waals surface area (Å²) in [7, 11) is 0. The van der Waals surface area contributed by atoms with Gasteiger partial charge in [0.25, 0.3) is 5.91 Å². The summed E-state index contributed by atoms with van der Waals surface area (Å²) in [5.41, 5.74) is 0. The molecular weight excluding hydrogens is 258 g/mol. The van der Waals surface area contributed by atoms with Gasteiger partial charge in [-0.2, -0.15) is 0 Å². The van der Waals surface area contributed by atoms with Crippen molar-refractivity contribution in [3.8, 4) is 0 Å². The number of hydrogen-bond acceptors (Lipinski definition) is 6. The van der Waals surface area contributed by atoms with Gasteiger partial charge in [0.2, 0.25) is 0 Å². The second kappa shape index (κ2) is 4.72. The largest absolute Gasteiger partial charge is 0.297 e. The van der Waals surface area contributed by atoms with Gasteiger partial charge in [0, 0.05) is 6.92 Å². The molecule has 0 spiro atoms. The Morgan fingerprint density at radius 1 is 1.18 bits per heavy atom. The summed E-state index contributed by atoms with van der Waals surface area (Å²) in [6.07, 6.45) is 2.98. The maximum atomic E-state index is 11.7. The molecule has 0 saturated heterocycles. The van der Waals surface area contributed by atoms with Crippen LogP contribution in [0.3, 0.4) is 0 Å². The molecule has 17 heavy (non-hydrogen) atoms. The molecule has 2 aromatic rings. The van der Waals surface area contributed by atoms with Crippen LogP contribution >= 0.6 is 22.7 Å². The highest BCUT2D eigenvalue weighted by atomic mass is 32.1. The first kappa shape index (κ1) is 11.9. The van der Waals surface area contributed by atoms with Crippen molar-refractivity contribution >= 4 is 39.5 Å². The fourth-order valence-electron chi connectivity index (χ4n) is 1.12. The SMILES string of the molecule is CC(=O)c1cnc(NC(=O)c2cnc(C)s2)s1. The Kier molecular flexibility index (Phi) is 3.30. The quantitative estimate of drug-likeness (QED) is 0.866. The number of ketones is 1. The van der Waals surface area contributed by atoms with E-state index in [4.69, 9.17) is 0 Å². The van der Waals surface area contributed by atoms with Gasteiger partial charge in [0.05, 0.1) is 22.3 Å². The number of thiazole rings is 2. The van der Waals surface area contributed by atoms with Crippen molar-refractivity contribution < 1.29 is 9.59 Å². The molecule has 2 heterocycles. The Hall–Kier alpha value is -1.60. The van der Waals surface area contributed by atoms with Gasteiger partial charge < -0.3 is 0 Å². The van der Waals surface area contributed by atoms with Gasteiger partial charge >= 0.3 is 0 Å². The number of Topliss-reactive ketones (excluding diaryl/α,β-unsaturated/α-hetero) is 1. The molecule has 2 aromatic heterocycles. The topological polar surface area (TPSA) is 72.0 Å². The molecule has 0 saturated carbocycles. The molecule has 0 fully saturated rings. The van der Waals surface area contributed by atoms with Crippen molar-refractivity contribution in [1.29, 1.82) is 0 Å². The van der Waals surface area contributed by atoms with Gasteiger partial charge in [-0.1, -0.05) is 11.3 Å². The highest BCUT2D eigenvalue weighted by Crippen LogP contribution is 2.20. The van der Waals surface area contributed by atoms with Crippen LogP contribution in [0.15, 0.2) is 12.4 Å². The molecule has 1 amide bonds. The third-order valence-electron chi connectivity index (χ3n) is 1.92. The number of anilines is 1. The maximum absolute atomic E-state index is 11.7. The summed E-state index contributed by atoms with van der Waals surface area (Å²) < 4.78 is 0. The zero-order chi connectivity index (χ0) is 12.4. The van der Waals surface area contributed by atoms with E-state index in [-0.39, 0.29) is 11.7 Å². The van der Waals surface area contributed by atoms with Crippen molar-refractivity contribution in [2.45, 2.75) is 13.8 Å². The lowest BCUT2D eigenvalue weighted by atomic mass is 10.4. The number of rotatable bonds is 3. The fraction of sp³-hybridized carbons (Fsp3) is 0.200. The number of hydrogen-bond donors (Lipinski definition) is 1. The van der Waals surface area contributed by atoms with Crippen LogP contribution in [0, 0.1) is 6.92 Å². The van der Waals surface area contributed by atoms with Crippen LogP contribution in [0.1, 0.15) is 31.3 Å². The van der Waals surface area contributed by atoms with E-state index in [1.807, 2.05) is 6.92 Å². The van der Waals surface area contributed by atoms with E-state index in [1.54, 1.807) is 0 Å². The second-order valence-electron chi connectivity index (χ2n) is 3.28. The molecule has 0 aromatic carbocycles. The lowest BCUT2D eigenvalue weighted by molar-refractivity contribution is 0.101. The summed E-state index contributed by atoms with van der Waals surface area (Å²) >= 11 is 2.48. The van der Waals surface area contributed by atoms with Crippen molar-refractivity contribution in [3.63, 3.8) is 0 Å². The van der Waals surface area contributed by atoms with E-state index in [9.17, 15) is 9.59 Å². The maximum Gasteiger partial charge on any atom is 0.269 e. The van der Waals surface area contributed by atoms with Gasteiger partial charge in [-0.15, -0.1) is 11.3 Å². The Labute approximate surface area is 106 Å². The highest BCUT2D eigenvalue weighted by molar-refractivity contribution is 7.18. The molecule has 0 atom stereocenters. The van der Waals surface area contributed by atoms with E-state index in [0.29, 0.717) is 14.9 Å². The molecule has 0 aliphatic carbocycles. The van der Waals surface area contributed by atoms with Crippen LogP contribution in [0.4, 0.5) is 5.13 Å². The van der Waals surface area contributed by atoms with E-state index in [1.165, 1.54) is 30.7 Å². The first-order valence-corrected chi connectivity index (χ1v) is 6.40. The summed E-state index contributed by atoms with van der Waals surface area (Å²) in [5.74, 6) is -0.309. The number of nitrogens with zero attached hydrogens (tertiary/aromatic N) is 2. The third kappa shape index (κ3) is 2.75. The van der Waals surface area contributed by atoms with Crippen LogP contribution < -0.4 is 5.32 Å². The molecule has 5 nitrogen and oxygen atoms in total. The number of amides is 1. The highest BCUT2D eigenvalue weighted by Gasteiger charge is 2.12. The Morgan fingerprint density at radius 3 is 2.41 bits per heavy atom. The monoisotopic (exact) mass is 267 g/mol. The number of aromatic nitrogens is 2. The van der Waals surface area contributed by atoms with Crippen LogP contribution in [0.25, 0.3) is 0 Å². The summed E-state index contributed by atoms with van der Waals surface area (Å²) in [6.45, 7) is 3.30. The lowest BCUT2D eigenvalue weighted by Crippen LogP contribution is -2.09. The molecule has 0 radical (unpaired) electrons. The van der Waals surface area contributed by atoms with Gasteiger partial charge in [-0.05, 0) is 6.92 Å². The average Bonchev–Trinajstić information content (AvgIpc) is 2.86.